The fourth-order valence-corrected chi connectivity index (χ4v) is 6.98. The van der Waals surface area contributed by atoms with Gasteiger partial charge >= 0.3 is 12.1 Å². The molecule has 2 bridgehead atoms. The fourth-order valence-electron chi connectivity index (χ4n) is 4.53. The number of carbonyl (C=O) groups is 1. The summed E-state index contributed by atoms with van der Waals surface area (Å²) in [4.78, 5) is 12.0. The molecule has 1 aromatic rings. The molecule has 7 nitrogen and oxygen atoms in total. The van der Waals surface area contributed by atoms with Gasteiger partial charge in [0.25, 0.3) is 10.0 Å². The van der Waals surface area contributed by atoms with Crippen molar-refractivity contribution in [2.75, 3.05) is 10.8 Å². The lowest BCUT2D eigenvalue weighted by molar-refractivity contribution is -0.142. The van der Waals surface area contributed by atoms with Gasteiger partial charge in [0, 0.05) is 12.5 Å². The smallest absolute Gasteiger partial charge is 0.417 e. The largest absolute Gasteiger partial charge is 0.480 e. The first kappa shape index (κ1) is 18.1. The van der Waals surface area contributed by atoms with E-state index in [4.69, 9.17) is 10.00 Å². The lowest BCUT2D eigenvalue weighted by atomic mass is 9.78. The maximum Gasteiger partial charge on any atom is 0.417 e. The number of fused-ring (bicyclic) bond motifs is 5. The van der Waals surface area contributed by atoms with Crippen molar-refractivity contribution in [2.45, 2.75) is 36.0 Å². The summed E-state index contributed by atoms with van der Waals surface area (Å²) in [5.74, 6) is -2.42. The van der Waals surface area contributed by atoms with E-state index in [0.29, 0.717) is 12.5 Å². The molecule has 0 spiro atoms. The van der Waals surface area contributed by atoms with Gasteiger partial charge < -0.3 is 9.84 Å². The summed E-state index contributed by atoms with van der Waals surface area (Å²) in [7, 11) is -4.53. The minimum Gasteiger partial charge on any atom is -0.480 e. The number of nitriles is 1. The Morgan fingerprint density at radius 2 is 2.07 bits per heavy atom. The van der Waals surface area contributed by atoms with Crippen LogP contribution in [0.25, 0.3) is 0 Å². The Bertz CT molecular complexity index is 987. The summed E-state index contributed by atoms with van der Waals surface area (Å²) in [5, 5.41) is 18.6. The Morgan fingerprint density at radius 1 is 1.37 bits per heavy atom. The van der Waals surface area contributed by atoms with Gasteiger partial charge in [0.15, 0.2) is 0 Å². The van der Waals surface area contributed by atoms with Crippen LogP contribution in [0.4, 0.5) is 18.9 Å². The average Bonchev–Trinajstić information content (AvgIpc) is 3.23. The van der Waals surface area contributed by atoms with Crippen LogP contribution in [-0.2, 0) is 25.7 Å². The fraction of sp³-hybridized carbons (Fsp3) is 0.500. The normalized spacial score (nSPS) is 33.7. The highest BCUT2D eigenvalue weighted by atomic mass is 32.2. The van der Waals surface area contributed by atoms with Gasteiger partial charge in [-0.15, -0.1) is 0 Å². The second-order valence-corrected chi connectivity index (χ2v) is 8.89. The number of anilines is 1. The first-order valence-electron chi connectivity index (χ1n) is 8.07. The van der Waals surface area contributed by atoms with Crippen molar-refractivity contribution in [2.24, 2.45) is 5.92 Å². The first-order valence-corrected chi connectivity index (χ1v) is 9.51. The van der Waals surface area contributed by atoms with Crippen LogP contribution in [0, 0.1) is 17.2 Å². The zero-order valence-corrected chi connectivity index (χ0v) is 14.4. The monoisotopic (exact) mass is 402 g/mol. The van der Waals surface area contributed by atoms with Gasteiger partial charge in [-0.3, -0.25) is 9.10 Å². The van der Waals surface area contributed by atoms with Crippen molar-refractivity contribution >= 4 is 21.7 Å². The number of halogens is 3. The molecule has 1 N–H and O–H groups in total. The van der Waals surface area contributed by atoms with E-state index in [1.54, 1.807) is 0 Å². The standard InChI is InChI=1S/C16H13F3N2O5S/c17-16(18,19)10-5-9(2-1-8(10)6-20)21-7-11-12-3-4-13(26-12)15(11,14(22)23)27(21,24)25/h1-2,5,11-13H,3-4,7H2,(H,22,23)/t11-,12+,13-,15?/m0/s1. The van der Waals surface area contributed by atoms with Crippen molar-refractivity contribution in [1.29, 1.82) is 5.26 Å². The van der Waals surface area contributed by atoms with Gasteiger partial charge in [-0.2, -0.15) is 18.4 Å². The molecule has 3 aliphatic rings. The van der Waals surface area contributed by atoms with E-state index >= 15 is 0 Å². The number of sulfonamides is 1. The average molecular weight is 402 g/mol. The second-order valence-electron chi connectivity index (χ2n) is 6.82. The zero-order chi connectivity index (χ0) is 19.8. The van der Waals surface area contributed by atoms with Gasteiger partial charge in [0.2, 0.25) is 4.75 Å². The van der Waals surface area contributed by atoms with Crippen LogP contribution in [0.5, 0.6) is 0 Å². The van der Waals surface area contributed by atoms with Gasteiger partial charge in [-0.1, -0.05) is 0 Å². The summed E-state index contributed by atoms with van der Waals surface area (Å²) >= 11 is 0. The summed E-state index contributed by atoms with van der Waals surface area (Å²) in [6.07, 6.45) is -5.67. The molecule has 3 fully saturated rings. The molecule has 0 radical (unpaired) electrons. The Kier molecular flexibility index (Phi) is 3.58. The van der Waals surface area contributed by atoms with Crippen LogP contribution in [0.1, 0.15) is 24.0 Å². The summed E-state index contributed by atoms with van der Waals surface area (Å²) in [6, 6.07) is 3.98. The van der Waals surface area contributed by atoms with Crippen LogP contribution < -0.4 is 4.31 Å². The van der Waals surface area contributed by atoms with Gasteiger partial charge in [-0.25, -0.2) is 8.42 Å². The second kappa shape index (κ2) is 5.36. The van der Waals surface area contributed by atoms with Crippen LogP contribution in [0.15, 0.2) is 18.2 Å². The number of nitrogens with zero attached hydrogens (tertiary/aromatic N) is 2. The maximum atomic E-state index is 13.2. The summed E-state index contributed by atoms with van der Waals surface area (Å²) < 4.78 is 70.1. The minimum atomic E-state index is -4.85. The van der Waals surface area contributed by atoms with Crippen LogP contribution in [0.2, 0.25) is 0 Å². The third-order valence-corrected chi connectivity index (χ3v) is 8.20. The zero-order valence-electron chi connectivity index (χ0n) is 13.6. The van der Waals surface area contributed by atoms with Crippen LogP contribution >= 0.6 is 0 Å². The third-order valence-electron chi connectivity index (χ3n) is 5.66. The molecule has 0 aromatic heterocycles. The molecule has 3 saturated heterocycles. The molecule has 3 aliphatic heterocycles. The topological polar surface area (TPSA) is 108 Å². The predicted molar refractivity (Wildman–Crippen MR) is 84.2 cm³/mol. The quantitative estimate of drug-likeness (QED) is 0.807. The molecular formula is C16H13F3N2O5S. The number of carboxylic acids is 1. The lowest BCUT2D eigenvalue weighted by Crippen LogP contribution is -2.56. The molecule has 27 heavy (non-hydrogen) atoms. The molecule has 3 heterocycles. The van der Waals surface area contributed by atoms with Crippen molar-refractivity contribution in [3.05, 3.63) is 29.3 Å². The van der Waals surface area contributed by atoms with Gasteiger partial charge in [0.05, 0.1) is 35.1 Å². The van der Waals surface area contributed by atoms with Gasteiger partial charge in [-0.05, 0) is 31.0 Å². The van der Waals surface area contributed by atoms with E-state index in [1.165, 1.54) is 6.07 Å². The van der Waals surface area contributed by atoms with E-state index in [1.807, 2.05) is 0 Å². The molecule has 0 saturated carbocycles. The van der Waals surface area contributed by atoms with E-state index < -0.39 is 56.2 Å². The minimum absolute atomic E-state index is 0.266. The SMILES string of the molecule is N#Cc1ccc(N2C[C@H]3[C@H]4CC[C@H](O4)C3(C(=O)O)S2(=O)=O)cc1C(F)(F)F. The Balaban J connectivity index is 1.86. The number of ether oxygens (including phenoxy) is 1. The van der Waals surface area contributed by atoms with E-state index in [2.05, 4.69) is 0 Å². The third kappa shape index (κ3) is 2.11. The molecule has 1 aromatic carbocycles. The number of hydrogen-bond donors (Lipinski definition) is 1. The molecule has 1 unspecified atom stereocenters. The molecule has 0 amide bonds. The number of rotatable bonds is 2. The summed E-state index contributed by atoms with van der Waals surface area (Å²) in [5.41, 5.74) is -2.21. The van der Waals surface area contributed by atoms with Crippen molar-refractivity contribution in [3.63, 3.8) is 0 Å². The molecule has 0 aliphatic carbocycles. The Morgan fingerprint density at radius 3 is 2.63 bits per heavy atom. The van der Waals surface area contributed by atoms with Crippen molar-refractivity contribution in [1.82, 2.24) is 0 Å². The molecule has 11 heteroatoms. The molecular weight excluding hydrogens is 389 g/mol. The number of benzene rings is 1. The Labute approximate surface area is 152 Å². The van der Waals surface area contributed by atoms with Crippen molar-refractivity contribution < 1.29 is 36.2 Å². The maximum absolute atomic E-state index is 13.2. The molecule has 4 atom stereocenters. The number of aliphatic carboxylic acids is 1. The van der Waals surface area contributed by atoms with E-state index in [9.17, 15) is 31.5 Å². The van der Waals surface area contributed by atoms with Crippen LogP contribution in [0.3, 0.4) is 0 Å². The Hall–Kier alpha value is -2.32. The molecule has 4 rings (SSSR count). The number of hydrogen-bond acceptors (Lipinski definition) is 5. The highest BCUT2D eigenvalue weighted by molar-refractivity contribution is 7.95. The first-order chi connectivity index (χ1) is 12.5. The van der Waals surface area contributed by atoms with Crippen LogP contribution in [-0.4, -0.2) is 43.0 Å². The summed E-state index contributed by atoms with van der Waals surface area (Å²) in [6.45, 7) is -0.279. The van der Waals surface area contributed by atoms with Gasteiger partial charge in [0.1, 0.15) is 0 Å². The van der Waals surface area contributed by atoms with E-state index in [-0.39, 0.29) is 18.7 Å². The van der Waals surface area contributed by atoms with Crippen molar-refractivity contribution in [3.8, 4) is 6.07 Å². The highest BCUT2D eigenvalue weighted by Crippen LogP contribution is 2.56. The van der Waals surface area contributed by atoms with E-state index in [0.717, 1.165) is 16.4 Å². The number of carboxylic acid groups (broad SMARTS) is 1. The number of alkyl halides is 3. The predicted octanol–water partition coefficient (Wildman–Crippen LogP) is 1.73. The highest BCUT2D eigenvalue weighted by Gasteiger charge is 2.76. The lowest BCUT2D eigenvalue weighted by Gasteiger charge is -2.30. The molecule has 144 valence electrons.